The summed E-state index contributed by atoms with van der Waals surface area (Å²) >= 11 is 1.38. The molecular formula is C24H27N3O4S. The molecular weight excluding hydrogens is 426 g/mol. The Kier molecular flexibility index (Phi) is 6.99. The van der Waals surface area contributed by atoms with Crippen LogP contribution in [0.3, 0.4) is 0 Å². The molecule has 1 saturated carbocycles. The highest BCUT2D eigenvalue weighted by Crippen LogP contribution is 2.37. The van der Waals surface area contributed by atoms with Gasteiger partial charge in [0.2, 0.25) is 11.8 Å². The molecule has 2 aromatic rings. The summed E-state index contributed by atoms with van der Waals surface area (Å²) in [6.07, 6.45) is 4.26. The molecule has 1 aliphatic heterocycles. The molecule has 2 aliphatic rings. The summed E-state index contributed by atoms with van der Waals surface area (Å²) in [5.74, 6) is 0.858. The lowest BCUT2D eigenvalue weighted by molar-refractivity contribution is -0.129. The molecule has 2 fully saturated rings. The zero-order valence-electron chi connectivity index (χ0n) is 18.2. The minimum atomic E-state index is -0.488. The van der Waals surface area contributed by atoms with Crippen molar-refractivity contribution in [1.29, 1.82) is 0 Å². The molecule has 1 atom stereocenters. The molecule has 8 heteroatoms. The summed E-state index contributed by atoms with van der Waals surface area (Å²) in [5.41, 5.74) is 1.40. The van der Waals surface area contributed by atoms with E-state index < -0.39 is 5.25 Å². The summed E-state index contributed by atoms with van der Waals surface area (Å²) in [4.78, 5) is 32.6. The first-order valence-corrected chi connectivity index (χ1v) is 11.6. The van der Waals surface area contributed by atoms with Gasteiger partial charge >= 0.3 is 0 Å². The normalized spacial score (nSPS) is 20.1. The zero-order chi connectivity index (χ0) is 22.5. The third-order valence-corrected chi connectivity index (χ3v) is 6.83. The average Bonchev–Trinajstić information content (AvgIpc) is 3.42. The first kappa shape index (κ1) is 22.2. The number of nitrogens with one attached hydrogen (secondary N) is 1. The van der Waals surface area contributed by atoms with Crippen molar-refractivity contribution in [1.82, 2.24) is 4.90 Å². The van der Waals surface area contributed by atoms with Crippen molar-refractivity contribution in [2.75, 3.05) is 19.5 Å². The van der Waals surface area contributed by atoms with Crippen LogP contribution in [0.25, 0.3) is 0 Å². The lowest BCUT2D eigenvalue weighted by Crippen LogP contribution is -2.40. The molecule has 32 heavy (non-hydrogen) atoms. The maximum atomic E-state index is 13.3. The van der Waals surface area contributed by atoms with Crippen LogP contribution in [0, 0.1) is 0 Å². The molecule has 1 saturated heterocycles. The first-order chi connectivity index (χ1) is 15.6. The van der Waals surface area contributed by atoms with E-state index in [9.17, 15) is 9.59 Å². The van der Waals surface area contributed by atoms with E-state index in [0.29, 0.717) is 22.4 Å². The molecule has 2 aromatic carbocycles. The number of amidine groups is 1. The van der Waals surface area contributed by atoms with Crippen LogP contribution in [0.4, 0.5) is 11.4 Å². The number of amides is 2. The third kappa shape index (κ3) is 4.91. The van der Waals surface area contributed by atoms with Gasteiger partial charge in [-0.2, -0.15) is 0 Å². The molecule has 2 amide bonds. The number of benzene rings is 2. The number of anilines is 1. The monoisotopic (exact) mass is 453 g/mol. The van der Waals surface area contributed by atoms with Crippen molar-refractivity contribution in [2.24, 2.45) is 4.99 Å². The smallest absolute Gasteiger partial charge is 0.242 e. The minimum Gasteiger partial charge on any atom is -0.493 e. The second-order valence-corrected chi connectivity index (χ2v) is 8.97. The fraction of sp³-hybridized carbons (Fsp3) is 0.375. The Morgan fingerprint density at radius 3 is 2.50 bits per heavy atom. The highest BCUT2D eigenvalue weighted by molar-refractivity contribution is 8.15. The Balaban J connectivity index is 1.49. The molecule has 0 aromatic heterocycles. The van der Waals surface area contributed by atoms with Gasteiger partial charge in [0.05, 0.1) is 19.9 Å². The van der Waals surface area contributed by atoms with Crippen LogP contribution >= 0.6 is 11.8 Å². The van der Waals surface area contributed by atoms with E-state index in [0.717, 1.165) is 31.4 Å². The molecule has 4 rings (SSSR count). The molecule has 1 N–H and O–H groups in total. The van der Waals surface area contributed by atoms with Crippen molar-refractivity contribution in [3.63, 3.8) is 0 Å². The second-order valence-electron chi connectivity index (χ2n) is 7.81. The largest absolute Gasteiger partial charge is 0.493 e. The third-order valence-electron chi connectivity index (χ3n) is 5.68. The minimum absolute atomic E-state index is 0.0287. The number of thioether (sulfide) groups is 1. The topological polar surface area (TPSA) is 80.2 Å². The van der Waals surface area contributed by atoms with Gasteiger partial charge in [0.25, 0.3) is 0 Å². The molecule has 0 bridgehead atoms. The van der Waals surface area contributed by atoms with Crippen molar-refractivity contribution in [3.8, 4) is 11.5 Å². The van der Waals surface area contributed by atoms with Gasteiger partial charge in [0.15, 0.2) is 16.7 Å². The van der Waals surface area contributed by atoms with Gasteiger partial charge < -0.3 is 14.8 Å². The number of ether oxygens (including phenoxy) is 2. The number of para-hydroxylation sites is 1. The van der Waals surface area contributed by atoms with E-state index >= 15 is 0 Å². The van der Waals surface area contributed by atoms with Gasteiger partial charge in [0.1, 0.15) is 5.25 Å². The highest BCUT2D eigenvalue weighted by atomic mass is 32.2. The molecule has 168 valence electrons. The molecule has 1 aliphatic carbocycles. The lowest BCUT2D eigenvalue weighted by atomic mass is 10.2. The number of nitrogens with zero attached hydrogens (tertiary/aromatic N) is 2. The predicted molar refractivity (Wildman–Crippen MR) is 127 cm³/mol. The Labute approximate surface area is 192 Å². The van der Waals surface area contributed by atoms with Crippen molar-refractivity contribution in [2.45, 2.75) is 43.4 Å². The molecule has 0 radical (unpaired) electrons. The van der Waals surface area contributed by atoms with Crippen LogP contribution < -0.4 is 14.8 Å². The van der Waals surface area contributed by atoms with Gasteiger partial charge in [-0.05, 0) is 37.1 Å². The highest BCUT2D eigenvalue weighted by Gasteiger charge is 2.43. The van der Waals surface area contributed by atoms with Gasteiger partial charge in [-0.1, -0.05) is 42.8 Å². The van der Waals surface area contributed by atoms with Crippen molar-refractivity contribution in [3.05, 3.63) is 48.5 Å². The van der Waals surface area contributed by atoms with Crippen LogP contribution in [0.15, 0.2) is 53.5 Å². The number of carbonyl (C=O) groups is 2. The van der Waals surface area contributed by atoms with Gasteiger partial charge in [0, 0.05) is 24.2 Å². The summed E-state index contributed by atoms with van der Waals surface area (Å²) in [7, 11) is 3.10. The van der Waals surface area contributed by atoms with Crippen LogP contribution in [-0.4, -0.2) is 47.4 Å². The quantitative estimate of drug-likeness (QED) is 0.662. The first-order valence-electron chi connectivity index (χ1n) is 10.7. The van der Waals surface area contributed by atoms with Crippen LogP contribution in [-0.2, 0) is 9.59 Å². The van der Waals surface area contributed by atoms with Crippen LogP contribution in [0.5, 0.6) is 11.5 Å². The summed E-state index contributed by atoms with van der Waals surface area (Å²) in [5, 5.41) is 3.07. The Morgan fingerprint density at radius 1 is 1.09 bits per heavy atom. The summed E-state index contributed by atoms with van der Waals surface area (Å²) < 4.78 is 10.5. The predicted octanol–water partition coefficient (Wildman–Crippen LogP) is 4.61. The number of aliphatic imine (C=N–C) groups is 1. The van der Waals surface area contributed by atoms with E-state index in [1.54, 1.807) is 32.4 Å². The Bertz CT molecular complexity index is 1010. The number of rotatable bonds is 7. The van der Waals surface area contributed by atoms with Crippen molar-refractivity contribution < 1.29 is 19.1 Å². The number of methoxy groups -OCH3 is 2. The molecule has 1 heterocycles. The number of hydrogen-bond donors (Lipinski definition) is 1. The van der Waals surface area contributed by atoms with E-state index in [2.05, 4.69) is 5.32 Å². The van der Waals surface area contributed by atoms with E-state index in [1.165, 1.54) is 11.8 Å². The molecule has 1 unspecified atom stereocenters. The zero-order valence-corrected chi connectivity index (χ0v) is 19.1. The van der Waals surface area contributed by atoms with Crippen LogP contribution in [0.2, 0.25) is 0 Å². The SMILES string of the molecule is COc1ccc(NC(=O)CC2SC(=Nc3ccccc3)N(C3CCCC3)C2=O)cc1OC. The fourth-order valence-corrected chi connectivity index (χ4v) is 5.31. The molecule has 7 nitrogen and oxygen atoms in total. The maximum absolute atomic E-state index is 13.3. The summed E-state index contributed by atoms with van der Waals surface area (Å²) in [6.45, 7) is 0. The van der Waals surface area contributed by atoms with E-state index in [-0.39, 0.29) is 24.3 Å². The lowest BCUT2D eigenvalue weighted by Gasteiger charge is -2.23. The Morgan fingerprint density at radius 2 is 1.81 bits per heavy atom. The van der Waals surface area contributed by atoms with Crippen LogP contribution in [0.1, 0.15) is 32.1 Å². The number of hydrogen-bond acceptors (Lipinski definition) is 6. The van der Waals surface area contributed by atoms with Gasteiger partial charge in [-0.3, -0.25) is 14.5 Å². The number of carbonyl (C=O) groups excluding carboxylic acids is 2. The standard InChI is InChI=1S/C24H27N3O4S/c1-30-19-13-12-17(14-20(19)31-2)25-22(28)15-21-23(29)27(18-10-6-7-11-18)24(32-21)26-16-8-4-3-5-9-16/h3-5,8-9,12-14,18,21H,6-7,10-11,15H2,1-2H3,(H,25,28). The fourth-order valence-electron chi connectivity index (χ4n) is 4.10. The molecule has 0 spiro atoms. The maximum Gasteiger partial charge on any atom is 0.242 e. The van der Waals surface area contributed by atoms with E-state index in [1.807, 2.05) is 35.2 Å². The Hall–Kier alpha value is -3.00. The van der Waals surface area contributed by atoms with Gasteiger partial charge in [-0.25, -0.2) is 4.99 Å². The second kappa shape index (κ2) is 10.1. The van der Waals surface area contributed by atoms with E-state index in [4.69, 9.17) is 14.5 Å². The average molecular weight is 454 g/mol. The van der Waals surface area contributed by atoms with Gasteiger partial charge in [-0.15, -0.1) is 0 Å². The van der Waals surface area contributed by atoms with Crippen molar-refractivity contribution >= 4 is 40.1 Å². The summed E-state index contributed by atoms with van der Waals surface area (Å²) in [6, 6.07) is 15.0.